The molecule has 2 amide bonds. The monoisotopic (exact) mass is 446 g/mol. The van der Waals surface area contributed by atoms with E-state index in [1.807, 2.05) is 31.2 Å². The molecular formula is C26H30N4O3. The highest BCUT2D eigenvalue weighted by atomic mass is 16.3. The number of pyridine rings is 1. The quantitative estimate of drug-likeness (QED) is 0.577. The number of fused-ring (bicyclic) bond motifs is 1. The fourth-order valence-electron chi connectivity index (χ4n) is 5.06. The second-order valence-electron chi connectivity index (χ2n) is 9.21. The van der Waals surface area contributed by atoms with Crippen LogP contribution in [-0.4, -0.2) is 40.8 Å². The van der Waals surface area contributed by atoms with Crippen molar-refractivity contribution in [1.82, 2.24) is 9.88 Å². The molecule has 3 aromatic rings. The van der Waals surface area contributed by atoms with Crippen LogP contribution >= 0.6 is 0 Å². The van der Waals surface area contributed by atoms with Gasteiger partial charge in [0, 0.05) is 23.8 Å². The number of aromatic nitrogens is 1. The number of likely N-dealkylation sites (tertiary alicyclic amines) is 1. The van der Waals surface area contributed by atoms with Gasteiger partial charge in [0.1, 0.15) is 11.2 Å². The van der Waals surface area contributed by atoms with E-state index in [9.17, 15) is 9.59 Å². The highest BCUT2D eigenvalue weighted by molar-refractivity contribution is 6.13. The lowest BCUT2D eigenvalue weighted by Gasteiger charge is -2.33. The van der Waals surface area contributed by atoms with Gasteiger partial charge in [-0.2, -0.15) is 0 Å². The SMILES string of the molecule is Cc1ccc(NC(=O)c2oc3cccnc3c2NC(=O)C2CCC(N3CCCC3)CC2)cc1. The van der Waals surface area contributed by atoms with Crippen LogP contribution in [0.1, 0.15) is 54.6 Å². The molecule has 2 aliphatic rings. The Morgan fingerprint density at radius 3 is 2.45 bits per heavy atom. The standard InChI is InChI=1S/C26H30N4O3/c1-17-6-10-19(11-7-17)28-26(32)24-23(22-21(33-24)5-4-14-27-22)29-25(31)18-8-12-20(13-9-18)30-15-2-3-16-30/h4-7,10-11,14,18,20H,2-3,8-9,12-13,15-16H2,1H3,(H,28,32)(H,29,31). The Balaban J connectivity index is 1.32. The summed E-state index contributed by atoms with van der Waals surface area (Å²) in [6.45, 7) is 4.37. The summed E-state index contributed by atoms with van der Waals surface area (Å²) < 4.78 is 5.83. The molecule has 0 atom stereocenters. The van der Waals surface area contributed by atoms with Crippen LogP contribution in [-0.2, 0) is 4.79 Å². The zero-order valence-corrected chi connectivity index (χ0v) is 19.0. The minimum Gasteiger partial charge on any atom is -0.447 e. The lowest BCUT2D eigenvalue weighted by molar-refractivity contribution is -0.121. The second kappa shape index (κ2) is 9.35. The number of furan rings is 1. The average Bonchev–Trinajstić information content (AvgIpc) is 3.50. The Morgan fingerprint density at radius 1 is 1.00 bits per heavy atom. The van der Waals surface area contributed by atoms with Gasteiger partial charge in [0.25, 0.3) is 5.91 Å². The van der Waals surface area contributed by atoms with E-state index in [-0.39, 0.29) is 17.6 Å². The lowest BCUT2D eigenvalue weighted by atomic mass is 9.85. The molecule has 2 aromatic heterocycles. The van der Waals surface area contributed by atoms with Gasteiger partial charge in [-0.05, 0) is 82.8 Å². The summed E-state index contributed by atoms with van der Waals surface area (Å²) in [6.07, 6.45) is 8.02. The van der Waals surface area contributed by atoms with E-state index in [2.05, 4.69) is 20.5 Å². The fourth-order valence-corrected chi connectivity index (χ4v) is 5.06. The van der Waals surface area contributed by atoms with Crippen molar-refractivity contribution in [1.29, 1.82) is 0 Å². The first kappa shape index (κ1) is 21.6. The maximum atomic E-state index is 13.2. The van der Waals surface area contributed by atoms with Crippen LogP contribution in [0.25, 0.3) is 11.1 Å². The van der Waals surface area contributed by atoms with E-state index in [4.69, 9.17) is 4.42 Å². The van der Waals surface area contributed by atoms with Crippen molar-refractivity contribution in [3.05, 3.63) is 53.9 Å². The molecule has 2 fully saturated rings. The fraction of sp³-hybridized carbons (Fsp3) is 0.423. The van der Waals surface area contributed by atoms with Crippen molar-refractivity contribution in [2.24, 2.45) is 5.92 Å². The van der Waals surface area contributed by atoms with E-state index in [0.29, 0.717) is 28.5 Å². The number of hydrogen-bond acceptors (Lipinski definition) is 5. The third kappa shape index (κ3) is 4.64. The van der Waals surface area contributed by atoms with E-state index < -0.39 is 5.91 Å². The van der Waals surface area contributed by atoms with Crippen LogP contribution in [0, 0.1) is 12.8 Å². The number of carbonyl (C=O) groups excluding carboxylic acids is 2. The molecule has 1 aromatic carbocycles. The van der Waals surface area contributed by atoms with E-state index in [0.717, 1.165) is 31.2 Å². The normalized spacial score (nSPS) is 21.2. The summed E-state index contributed by atoms with van der Waals surface area (Å²) in [6, 6.07) is 11.6. The van der Waals surface area contributed by atoms with Crippen LogP contribution in [0.3, 0.4) is 0 Å². The third-order valence-electron chi connectivity index (χ3n) is 6.93. The van der Waals surface area contributed by atoms with Crippen LogP contribution in [0.4, 0.5) is 11.4 Å². The number of amides is 2. The van der Waals surface area contributed by atoms with Gasteiger partial charge in [-0.15, -0.1) is 0 Å². The molecule has 7 nitrogen and oxygen atoms in total. The average molecular weight is 447 g/mol. The third-order valence-corrected chi connectivity index (χ3v) is 6.93. The number of aryl methyl sites for hydroxylation is 1. The Hall–Kier alpha value is -3.19. The van der Waals surface area contributed by atoms with Crippen LogP contribution < -0.4 is 10.6 Å². The van der Waals surface area contributed by atoms with Crippen LogP contribution in [0.2, 0.25) is 0 Å². The maximum Gasteiger partial charge on any atom is 0.293 e. The smallest absolute Gasteiger partial charge is 0.293 e. The first-order chi connectivity index (χ1) is 16.1. The van der Waals surface area contributed by atoms with Crippen LogP contribution in [0.15, 0.2) is 47.0 Å². The summed E-state index contributed by atoms with van der Waals surface area (Å²) in [5.41, 5.74) is 3.08. The number of carbonyl (C=O) groups is 2. The van der Waals surface area contributed by atoms with Crippen molar-refractivity contribution in [3.63, 3.8) is 0 Å². The van der Waals surface area contributed by atoms with Crippen molar-refractivity contribution < 1.29 is 14.0 Å². The summed E-state index contributed by atoms with van der Waals surface area (Å²) in [4.78, 5) is 33.2. The molecule has 0 unspecified atom stereocenters. The molecule has 3 heterocycles. The Morgan fingerprint density at radius 2 is 1.73 bits per heavy atom. The molecule has 33 heavy (non-hydrogen) atoms. The van der Waals surface area contributed by atoms with Gasteiger partial charge >= 0.3 is 0 Å². The minimum absolute atomic E-state index is 0.0624. The van der Waals surface area contributed by atoms with Gasteiger partial charge in [-0.25, -0.2) is 0 Å². The van der Waals surface area contributed by atoms with Crippen molar-refractivity contribution in [2.75, 3.05) is 23.7 Å². The second-order valence-corrected chi connectivity index (χ2v) is 9.21. The maximum absolute atomic E-state index is 13.2. The lowest BCUT2D eigenvalue weighted by Crippen LogP contribution is -2.38. The highest BCUT2D eigenvalue weighted by Crippen LogP contribution is 2.33. The van der Waals surface area contributed by atoms with Crippen LogP contribution in [0.5, 0.6) is 0 Å². The summed E-state index contributed by atoms with van der Waals surface area (Å²) in [7, 11) is 0. The molecule has 2 N–H and O–H groups in total. The molecule has 0 radical (unpaired) electrons. The number of anilines is 2. The molecule has 7 heteroatoms. The minimum atomic E-state index is -0.412. The van der Waals surface area contributed by atoms with Gasteiger partial charge in [-0.1, -0.05) is 17.7 Å². The van der Waals surface area contributed by atoms with Gasteiger partial charge < -0.3 is 20.0 Å². The topological polar surface area (TPSA) is 87.5 Å². The van der Waals surface area contributed by atoms with Gasteiger partial charge in [-0.3, -0.25) is 14.6 Å². The number of rotatable bonds is 5. The molecule has 0 spiro atoms. The Labute approximate surface area is 193 Å². The predicted octanol–water partition coefficient (Wildman–Crippen LogP) is 4.98. The molecule has 1 saturated heterocycles. The van der Waals surface area contributed by atoms with Gasteiger partial charge in [0.15, 0.2) is 5.58 Å². The first-order valence-electron chi connectivity index (χ1n) is 11.9. The number of nitrogens with one attached hydrogen (secondary N) is 2. The summed E-state index contributed by atoms with van der Waals surface area (Å²) >= 11 is 0. The number of benzene rings is 1. The largest absolute Gasteiger partial charge is 0.447 e. The molecule has 1 aliphatic carbocycles. The molecule has 5 rings (SSSR count). The molecule has 172 valence electrons. The van der Waals surface area contributed by atoms with Gasteiger partial charge in [0.05, 0.1) is 0 Å². The van der Waals surface area contributed by atoms with Crippen molar-refractivity contribution in [2.45, 2.75) is 51.5 Å². The Bertz CT molecular complexity index is 1140. The zero-order valence-electron chi connectivity index (χ0n) is 19.0. The molecule has 0 bridgehead atoms. The molecule has 1 saturated carbocycles. The summed E-state index contributed by atoms with van der Waals surface area (Å²) in [5.74, 6) is -0.466. The van der Waals surface area contributed by atoms with E-state index >= 15 is 0 Å². The van der Waals surface area contributed by atoms with E-state index in [1.54, 1.807) is 18.3 Å². The van der Waals surface area contributed by atoms with Gasteiger partial charge in [0.2, 0.25) is 11.7 Å². The predicted molar refractivity (Wildman–Crippen MR) is 128 cm³/mol. The van der Waals surface area contributed by atoms with E-state index in [1.165, 1.54) is 25.9 Å². The zero-order chi connectivity index (χ0) is 22.8. The van der Waals surface area contributed by atoms with Crippen molar-refractivity contribution in [3.8, 4) is 0 Å². The summed E-state index contributed by atoms with van der Waals surface area (Å²) in [5, 5.41) is 5.85. The number of nitrogens with zero attached hydrogens (tertiary/aromatic N) is 2. The molecular weight excluding hydrogens is 416 g/mol. The first-order valence-corrected chi connectivity index (χ1v) is 11.9. The van der Waals surface area contributed by atoms with Crippen molar-refractivity contribution >= 4 is 34.3 Å². The number of hydrogen-bond donors (Lipinski definition) is 2. The Kier molecular flexibility index (Phi) is 6.13. The highest BCUT2D eigenvalue weighted by Gasteiger charge is 2.32. The molecule has 1 aliphatic heterocycles.